The van der Waals surface area contributed by atoms with Gasteiger partial charge in [0.05, 0.1) is 13.2 Å². The molecule has 0 aliphatic carbocycles. The van der Waals surface area contributed by atoms with Gasteiger partial charge >= 0.3 is 0 Å². The van der Waals surface area contributed by atoms with Crippen molar-refractivity contribution in [2.45, 2.75) is 51.4 Å². The summed E-state index contributed by atoms with van der Waals surface area (Å²) in [4.78, 5) is 0. The topological polar surface area (TPSA) is 9.23 Å². The van der Waals surface area contributed by atoms with Crippen LogP contribution in [-0.4, -0.2) is 13.2 Å². The fraction of sp³-hybridized carbons (Fsp3) is 0.455. The molecule has 1 heteroatoms. The molecule has 2 unspecified atom stereocenters. The molecule has 0 bridgehead atoms. The van der Waals surface area contributed by atoms with Crippen molar-refractivity contribution in [1.29, 1.82) is 0 Å². The van der Waals surface area contributed by atoms with Crippen molar-refractivity contribution in [3.05, 3.63) is 71.8 Å². The van der Waals surface area contributed by atoms with Crippen molar-refractivity contribution in [3.63, 3.8) is 0 Å². The zero-order chi connectivity index (χ0) is 16.8. The van der Waals surface area contributed by atoms with Crippen LogP contribution in [0.1, 0.15) is 51.7 Å². The molecule has 2 aromatic carbocycles. The van der Waals surface area contributed by atoms with Gasteiger partial charge in [-0.1, -0.05) is 88.4 Å². The van der Waals surface area contributed by atoms with Gasteiger partial charge in [0.25, 0.3) is 0 Å². The lowest BCUT2D eigenvalue weighted by molar-refractivity contribution is 0.0510. The minimum atomic E-state index is 0.0760. The number of hydrogen-bond acceptors (Lipinski definition) is 1. The molecule has 0 aliphatic heterocycles. The molecule has 0 saturated carbocycles. The molecule has 0 heterocycles. The molecule has 0 N–H and O–H groups in total. The van der Waals surface area contributed by atoms with Gasteiger partial charge in [-0.2, -0.15) is 0 Å². The largest absolute Gasteiger partial charge is 0.380 e. The van der Waals surface area contributed by atoms with Crippen molar-refractivity contribution in [2.75, 3.05) is 13.2 Å². The second kappa shape index (κ2) is 7.79. The Morgan fingerprint density at radius 1 is 0.652 bits per heavy atom. The summed E-state index contributed by atoms with van der Waals surface area (Å²) in [5.41, 5.74) is 2.87. The zero-order valence-electron chi connectivity index (χ0n) is 15.0. The number of ether oxygens (including phenoxy) is 1. The first-order valence-corrected chi connectivity index (χ1v) is 8.73. The molecule has 0 aromatic heterocycles. The number of benzene rings is 2. The maximum atomic E-state index is 6.25. The molecular formula is C22H30O. The van der Waals surface area contributed by atoms with E-state index in [4.69, 9.17) is 4.74 Å². The van der Waals surface area contributed by atoms with Gasteiger partial charge in [-0.25, -0.2) is 0 Å². The highest BCUT2D eigenvalue weighted by atomic mass is 16.5. The highest BCUT2D eigenvalue weighted by molar-refractivity contribution is 5.25. The van der Waals surface area contributed by atoms with E-state index in [2.05, 4.69) is 88.4 Å². The highest BCUT2D eigenvalue weighted by Gasteiger charge is 2.28. The first kappa shape index (κ1) is 17.7. The molecule has 0 saturated heterocycles. The summed E-state index contributed by atoms with van der Waals surface area (Å²) < 4.78 is 6.25. The van der Waals surface area contributed by atoms with Crippen LogP contribution < -0.4 is 0 Å². The van der Waals surface area contributed by atoms with Crippen molar-refractivity contribution >= 4 is 0 Å². The SMILES string of the molecule is CCC(C)(COCC(C)(CC)c1ccccc1)c1ccccc1. The fourth-order valence-electron chi connectivity index (χ4n) is 2.96. The van der Waals surface area contributed by atoms with E-state index in [1.54, 1.807) is 0 Å². The van der Waals surface area contributed by atoms with Crippen LogP contribution in [0.15, 0.2) is 60.7 Å². The molecule has 0 spiro atoms. The van der Waals surface area contributed by atoms with E-state index in [1.807, 2.05) is 0 Å². The zero-order valence-corrected chi connectivity index (χ0v) is 15.0. The van der Waals surface area contributed by atoms with Crippen LogP contribution in [0.3, 0.4) is 0 Å². The standard InChI is InChI=1S/C22H30O/c1-5-21(3,19-13-9-7-10-14-19)17-23-18-22(4,6-2)20-15-11-8-12-16-20/h7-16H,5-6,17-18H2,1-4H3. The quantitative estimate of drug-likeness (QED) is 0.604. The normalized spacial score (nSPS) is 16.5. The lowest BCUT2D eigenvalue weighted by atomic mass is 9.79. The molecule has 1 nitrogen and oxygen atoms in total. The Hall–Kier alpha value is -1.60. The van der Waals surface area contributed by atoms with E-state index >= 15 is 0 Å². The fourth-order valence-corrected chi connectivity index (χ4v) is 2.96. The van der Waals surface area contributed by atoms with E-state index in [1.165, 1.54) is 11.1 Å². The molecule has 0 aliphatic rings. The molecule has 2 rings (SSSR count). The maximum absolute atomic E-state index is 6.25. The van der Waals surface area contributed by atoms with E-state index in [0.717, 1.165) is 26.1 Å². The molecule has 0 fully saturated rings. The van der Waals surface area contributed by atoms with Crippen LogP contribution in [0.5, 0.6) is 0 Å². The third-order valence-electron chi connectivity index (χ3n) is 5.34. The van der Waals surface area contributed by atoms with Crippen LogP contribution in [0, 0.1) is 0 Å². The van der Waals surface area contributed by atoms with Gasteiger partial charge in [0.15, 0.2) is 0 Å². The lowest BCUT2D eigenvalue weighted by Crippen LogP contribution is -2.33. The van der Waals surface area contributed by atoms with Gasteiger partial charge < -0.3 is 4.74 Å². The summed E-state index contributed by atoms with van der Waals surface area (Å²) in [5.74, 6) is 0. The Bertz CT molecular complexity index is 524. The molecule has 0 amide bonds. The summed E-state index contributed by atoms with van der Waals surface area (Å²) in [6.07, 6.45) is 2.15. The van der Waals surface area contributed by atoms with Crippen LogP contribution in [0.25, 0.3) is 0 Å². The van der Waals surface area contributed by atoms with Gasteiger partial charge in [-0.3, -0.25) is 0 Å². The second-order valence-corrected chi connectivity index (χ2v) is 7.05. The Kier molecular flexibility index (Phi) is 6.01. The number of hydrogen-bond donors (Lipinski definition) is 0. The summed E-state index contributed by atoms with van der Waals surface area (Å²) in [5, 5.41) is 0. The molecule has 124 valence electrons. The minimum Gasteiger partial charge on any atom is -0.380 e. The average molecular weight is 310 g/mol. The van der Waals surface area contributed by atoms with E-state index in [0.29, 0.717) is 0 Å². The Morgan fingerprint density at radius 3 is 1.30 bits per heavy atom. The third kappa shape index (κ3) is 4.23. The van der Waals surface area contributed by atoms with E-state index in [-0.39, 0.29) is 10.8 Å². The van der Waals surface area contributed by atoms with Crippen LogP contribution in [-0.2, 0) is 15.6 Å². The molecular weight excluding hydrogens is 280 g/mol. The molecule has 23 heavy (non-hydrogen) atoms. The Balaban J connectivity index is 2.05. The lowest BCUT2D eigenvalue weighted by Gasteiger charge is -2.33. The van der Waals surface area contributed by atoms with Crippen molar-refractivity contribution in [3.8, 4) is 0 Å². The van der Waals surface area contributed by atoms with Gasteiger partial charge in [0.1, 0.15) is 0 Å². The average Bonchev–Trinajstić information content (AvgIpc) is 2.63. The number of rotatable bonds is 8. The summed E-state index contributed by atoms with van der Waals surface area (Å²) in [6, 6.07) is 21.5. The van der Waals surface area contributed by atoms with Crippen molar-refractivity contribution in [2.24, 2.45) is 0 Å². The molecule has 0 radical (unpaired) electrons. The summed E-state index contributed by atoms with van der Waals surface area (Å²) in [7, 11) is 0. The van der Waals surface area contributed by atoms with Crippen molar-refractivity contribution < 1.29 is 4.74 Å². The summed E-state index contributed by atoms with van der Waals surface area (Å²) >= 11 is 0. The third-order valence-corrected chi connectivity index (χ3v) is 5.34. The minimum absolute atomic E-state index is 0.0760. The van der Waals surface area contributed by atoms with Gasteiger partial charge in [0, 0.05) is 10.8 Å². The Labute approximate surface area is 141 Å². The smallest absolute Gasteiger partial charge is 0.0560 e. The summed E-state index contributed by atoms with van der Waals surface area (Å²) in [6.45, 7) is 10.6. The second-order valence-electron chi connectivity index (χ2n) is 7.05. The van der Waals surface area contributed by atoms with Crippen LogP contribution >= 0.6 is 0 Å². The predicted molar refractivity (Wildman–Crippen MR) is 99.0 cm³/mol. The van der Waals surface area contributed by atoms with Gasteiger partial charge in [-0.05, 0) is 24.0 Å². The Morgan fingerprint density at radius 2 is 1.00 bits per heavy atom. The first-order valence-electron chi connectivity index (χ1n) is 8.73. The van der Waals surface area contributed by atoms with Gasteiger partial charge in [-0.15, -0.1) is 0 Å². The molecule has 2 atom stereocenters. The van der Waals surface area contributed by atoms with Crippen molar-refractivity contribution in [1.82, 2.24) is 0 Å². The highest BCUT2D eigenvalue weighted by Crippen LogP contribution is 2.31. The maximum Gasteiger partial charge on any atom is 0.0560 e. The monoisotopic (exact) mass is 310 g/mol. The van der Waals surface area contributed by atoms with E-state index < -0.39 is 0 Å². The molecule has 2 aromatic rings. The van der Waals surface area contributed by atoms with Crippen LogP contribution in [0.2, 0.25) is 0 Å². The first-order chi connectivity index (χ1) is 11.0. The van der Waals surface area contributed by atoms with Gasteiger partial charge in [0.2, 0.25) is 0 Å². The predicted octanol–water partition coefficient (Wildman–Crippen LogP) is 5.74. The van der Waals surface area contributed by atoms with Crippen LogP contribution in [0.4, 0.5) is 0 Å². The van der Waals surface area contributed by atoms with E-state index in [9.17, 15) is 0 Å².